The lowest BCUT2D eigenvalue weighted by molar-refractivity contribution is 0.830. The van der Waals surface area contributed by atoms with Crippen molar-refractivity contribution in [3.63, 3.8) is 0 Å². The fraction of sp³-hybridized carbons (Fsp3) is 0.0714. The third-order valence-corrected chi connectivity index (χ3v) is 9.73. The van der Waals surface area contributed by atoms with E-state index in [1.807, 2.05) is 12.4 Å². The molecule has 2 atom stereocenters. The number of fused-ring (bicyclic) bond motifs is 6. The van der Waals surface area contributed by atoms with Crippen molar-refractivity contribution in [2.45, 2.75) is 17.8 Å². The first-order chi connectivity index (χ1) is 21.3. The molecular weight excluding hydrogens is 518 g/mol. The molecule has 1 nitrogen and oxygen atoms in total. The Bertz CT molecular complexity index is 2180. The Morgan fingerprint density at radius 1 is 0.535 bits per heavy atom. The van der Waals surface area contributed by atoms with E-state index in [0.717, 1.165) is 6.42 Å². The lowest BCUT2D eigenvalue weighted by Crippen LogP contribution is -2.13. The van der Waals surface area contributed by atoms with E-state index in [-0.39, 0.29) is 5.41 Å². The second-order valence-electron chi connectivity index (χ2n) is 12.0. The number of rotatable bonds is 4. The van der Waals surface area contributed by atoms with Crippen LogP contribution in [0.3, 0.4) is 0 Å². The average Bonchev–Trinajstić information content (AvgIpc) is 3.84. The summed E-state index contributed by atoms with van der Waals surface area (Å²) in [6.45, 7) is 0. The highest BCUT2D eigenvalue weighted by Crippen LogP contribution is 2.66. The van der Waals surface area contributed by atoms with E-state index in [1.54, 1.807) is 0 Å². The van der Waals surface area contributed by atoms with Crippen molar-refractivity contribution in [3.05, 3.63) is 180 Å². The van der Waals surface area contributed by atoms with Crippen LogP contribution in [0.4, 0.5) is 0 Å². The molecule has 0 spiro atoms. The Hall–Kier alpha value is -5.27. The molecule has 0 bridgehead atoms. The molecule has 6 aromatic carbocycles. The molecule has 7 aromatic rings. The fourth-order valence-electron chi connectivity index (χ4n) is 7.46. The first kappa shape index (κ1) is 24.3. The van der Waals surface area contributed by atoms with E-state index in [0.29, 0.717) is 5.92 Å². The minimum Gasteiger partial charge on any atom is -0.264 e. The monoisotopic (exact) mass is 547 g/mol. The molecule has 0 N–H and O–H groups in total. The zero-order valence-corrected chi connectivity index (χ0v) is 23.7. The Labute approximate surface area is 251 Å². The smallest absolute Gasteiger partial charge is 0.0352 e. The van der Waals surface area contributed by atoms with Crippen LogP contribution in [0.5, 0.6) is 0 Å². The van der Waals surface area contributed by atoms with Gasteiger partial charge in [0.25, 0.3) is 0 Å². The van der Waals surface area contributed by atoms with Crippen LogP contribution in [0.15, 0.2) is 158 Å². The van der Waals surface area contributed by atoms with Gasteiger partial charge in [0.05, 0.1) is 0 Å². The first-order valence-corrected chi connectivity index (χ1v) is 15.1. The second-order valence-corrected chi connectivity index (χ2v) is 12.0. The largest absolute Gasteiger partial charge is 0.264 e. The average molecular weight is 548 g/mol. The van der Waals surface area contributed by atoms with Crippen LogP contribution in [-0.2, 0) is 5.41 Å². The molecule has 1 saturated carbocycles. The molecule has 1 heteroatoms. The lowest BCUT2D eigenvalue weighted by atomic mass is 9.77. The van der Waals surface area contributed by atoms with Crippen molar-refractivity contribution in [2.24, 2.45) is 0 Å². The zero-order valence-electron chi connectivity index (χ0n) is 23.7. The van der Waals surface area contributed by atoms with E-state index in [9.17, 15) is 0 Å². The Morgan fingerprint density at radius 2 is 1.23 bits per heavy atom. The van der Waals surface area contributed by atoms with Gasteiger partial charge in [-0.3, -0.25) is 4.98 Å². The summed E-state index contributed by atoms with van der Waals surface area (Å²) in [5, 5.41) is 5.07. The van der Waals surface area contributed by atoms with Crippen molar-refractivity contribution in [1.82, 2.24) is 4.98 Å². The Morgan fingerprint density at radius 3 is 2.07 bits per heavy atom. The summed E-state index contributed by atoms with van der Waals surface area (Å²) >= 11 is 0. The number of hydrogen-bond donors (Lipinski definition) is 0. The number of hydrogen-bond acceptors (Lipinski definition) is 1. The van der Waals surface area contributed by atoms with Crippen LogP contribution >= 0.6 is 0 Å². The normalized spacial score (nSPS) is 18.6. The van der Waals surface area contributed by atoms with Crippen LogP contribution in [0.1, 0.15) is 34.6 Å². The van der Waals surface area contributed by atoms with Crippen molar-refractivity contribution < 1.29 is 0 Å². The van der Waals surface area contributed by atoms with Crippen molar-refractivity contribution in [2.75, 3.05) is 0 Å². The third-order valence-electron chi connectivity index (χ3n) is 9.73. The van der Waals surface area contributed by atoms with Crippen LogP contribution in [0, 0.1) is 0 Å². The summed E-state index contributed by atoms with van der Waals surface area (Å²) in [5.74, 6) is 0.514. The summed E-state index contributed by atoms with van der Waals surface area (Å²) in [7, 11) is 0. The minimum absolute atomic E-state index is 0.0470. The van der Waals surface area contributed by atoms with Gasteiger partial charge in [-0.05, 0) is 84.6 Å². The van der Waals surface area contributed by atoms with E-state index in [2.05, 4.69) is 151 Å². The molecule has 2 unspecified atom stereocenters. The second kappa shape index (κ2) is 9.37. The highest BCUT2D eigenvalue weighted by molar-refractivity contribution is 6.01. The summed E-state index contributed by atoms with van der Waals surface area (Å²) in [4.78, 5) is 4.36. The maximum absolute atomic E-state index is 4.36. The molecular formula is C42H29N. The number of allylic oxidation sites excluding steroid dienone is 1. The van der Waals surface area contributed by atoms with Gasteiger partial charge in [0.15, 0.2) is 0 Å². The molecule has 43 heavy (non-hydrogen) atoms. The van der Waals surface area contributed by atoms with E-state index < -0.39 is 0 Å². The van der Waals surface area contributed by atoms with E-state index in [1.165, 1.54) is 71.6 Å². The highest BCUT2D eigenvalue weighted by atomic mass is 14.6. The third kappa shape index (κ3) is 3.82. The molecule has 9 rings (SSSR count). The maximum atomic E-state index is 4.36. The number of pyridine rings is 1. The SMILES string of the molecule is C1=C(c2ccccc2)c2c(ccc3ccccc23)C2CC12c1ccc(-c2ccc(-c3cccc4ccncc34)cc2)cc1. The molecule has 1 fully saturated rings. The van der Waals surface area contributed by atoms with Gasteiger partial charge in [-0.2, -0.15) is 0 Å². The van der Waals surface area contributed by atoms with E-state index in [4.69, 9.17) is 0 Å². The van der Waals surface area contributed by atoms with Gasteiger partial charge in [-0.15, -0.1) is 0 Å². The topological polar surface area (TPSA) is 12.9 Å². The summed E-state index contributed by atoms with van der Waals surface area (Å²) < 4.78 is 0. The predicted molar refractivity (Wildman–Crippen MR) is 179 cm³/mol. The molecule has 1 aromatic heterocycles. The highest BCUT2D eigenvalue weighted by Gasteiger charge is 2.57. The number of nitrogens with zero attached hydrogens (tertiary/aromatic N) is 1. The molecule has 2 aliphatic rings. The van der Waals surface area contributed by atoms with Gasteiger partial charge in [0.2, 0.25) is 0 Å². The molecule has 2 aliphatic carbocycles. The van der Waals surface area contributed by atoms with Crippen molar-refractivity contribution in [1.29, 1.82) is 0 Å². The summed E-state index contributed by atoms with van der Waals surface area (Å²) in [6, 6.07) is 51.3. The van der Waals surface area contributed by atoms with Gasteiger partial charge < -0.3 is 0 Å². The fourth-order valence-corrected chi connectivity index (χ4v) is 7.46. The van der Waals surface area contributed by atoms with Crippen molar-refractivity contribution >= 4 is 27.1 Å². The van der Waals surface area contributed by atoms with Crippen LogP contribution < -0.4 is 0 Å². The first-order valence-electron chi connectivity index (χ1n) is 15.1. The van der Waals surface area contributed by atoms with Crippen LogP contribution in [-0.4, -0.2) is 4.98 Å². The van der Waals surface area contributed by atoms with Gasteiger partial charge in [-0.1, -0.05) is 140 Å². The molecule has 202 valence electrons. The molecule has 0 aliphatic heterocycles. The van der Waals surface area contributed by atoms with E-state index >= 15 is 0 Å². The van der Waals surface area contributed by atoms with Gasteiger partial charge >= 0.3 is 0 Å². The predicted octanol–water partition coefficient (Wildman–Crippen LogP) is 10.6. The summed E-state index contributed by atoms with van der Waals surface area (Å²) in [6.07, 6.45) is 7.56. The Balaban J connectivity index is 1.08. The molecule has 1 heterocycles. The summed E-state index contributed by atoms with van der Waals surface area (Å²) in [5.41, 5.74) is 11.9. The van der Waals surface area contributed by atoms with Crippen molar-refractivity contribution in [3.8, 4) is 22.3 Å². The zero-order chi connectivity index (χ0) is 28.4. The lowest BCUT2D eigenvalue weighted by Gasteiger charge is -2.26. The van der Waals surface area contributed by atoms with Crippen LogP contribution in [0.25, 0.3) is 49.4 Å². The number of benzene rings is 6. The maximum Gasteiger partial charge on any atom is 0.0352 e. The minimum atomic E-state index is 0.0470. The Kier molecular flexibility index (Phi) is 5.31. The molecule has 0 amide bonds. The van der Waals surface area contributed by atoms with Crippen LogP contribution in [0.2, 0.25) is 0 Å². The van der Waals surface area contributed by atoms with Gasteiger partial charge in [0, 0.05) is 23.2 Å². The quantitative estimate of drug-likeness (QED) is 0.214. The molecule has 0 radical (unpaired) electrons. The molecule has 0 saturated heterocycles. The standard InChI is InChI=1S/C42H29N/c1-2-7-30(8-3-1)38-25-42(26-40(42)37-22-19-31-9-4-5-11-36(31)41(37)38)34-20-17-29(18-21-34)28-13-15-33(16-14-28)35-12-6-10-32-23-24-43-27-39(32)35/h1-25,27,40H,26H2. The number of aromatic nitrogens is 1. The van der Waals surface area contributed by atoms with Gasteiger partial charge in [0.1, 0.15) is 0 Å². The van der Waals surface area contributed by atoms with Gasteiger partial charge in [-0.25, -0.2) is 0 Å².